The molecule has 7 N–H and O–H groups in total. The van der Waals surface area contributed by atoms with E-state index < -0.39 is 25.6 Å². The van der Waals surface area contributed by atoms with Crippen LogP contribution < -0.4 is 9.86 Å². The number of aromatic amines is 3. The zero-order valence-electron chi connectivity index (χ0n) is 46.0. The molecule has 9 aromatic carbocycles. The van der Waals surface area contributed by atoms with Gasteiger partial charge in [0, 0.05) is 26.2 Å². The molecule has 0 aliphatic rings. The molecule has 0 amide bonds. The number of aromatic nitrogens is 6. The molecule has 0 fully saturated rings. The minimum Gasteiger partial charge on any atom is -0.386 e. The van der Waals surface area contributed by atoms with Crippen molar-refractivity contribution in [2.24, 2.45) is 5.14 Å². The van der Waals surface area contributed by atoms with Gasteiger partial charge in [0.1, 0.15) is 17.5 Å². The molecule has 0 aliphatic carbocycles. The molecule has 0 saturated carbocycles. The highest BCUT2D eigenvalue weighted by Crippen LogP contribution is 2.35. The van der Waals surface area contributed by atoms with E-state index in [0.29, 0.717) is 32.1 Å². The average Bonchev–Trinajstić information content (AvgIpc) is 3.41. The number of benzene rings is 9. The molecule has 0 unspecified atom stereocenters. The largest absolute Gasteiger partial charge is 0.386 e. The fourth-order valence-electron chi connectivity index (χ4n) is 9.43. The summed E-state index contributed by atoms with van der Waals surface area (Å²) in [6.07, 6.45) is 12.7. The molecular weight excluding hydrogens is 1170 g/mol. The van der Waals surface area contributed by atoms with Crippen molar-refractivity contribution in [3.05, 3.63) is 255 Å². The fraction of sp³-hybridized carbons (Fsp3) is 0.0597. The van der Waals surface area contributed by atoms with Crippen LogP contribution in [0.15, 0.2) is 205 Å². The summed E-state index contributed by atoms with van der Waals surface area (Å²) in [4.78, 5) is 23.7. The second-order valence-corrected chi connectivity index (χ2v) is 24.9. The van der Waals surface area contributed by atoms with Gasteiger partial charge in [0.15, 0.2) is 0 Å². The monoisotopic (exact) mass is 1220 g/mol. The number of nitrogens with two attached hydrogens (primary N) is 1. The second kappa shape index (κ2) is 25.5. The van der Waals surface area contributed by atoms with E-state index in [9.17, 15) is 21.9 Å². The second-order valence-electron chi connectivity index (χ2n) is 20.3. The van der Waals surface area contributed by atoms with Crippen LogP contribution in [0.4, 0.5) is 5.69 Å². The Kier molecular flexibility index (Phi) is 17.8. The number of fused-ring (bicyclic) bond motifs is 3. The Morgan fingerprint density at radius 1 is 0.459 bits per heavy atom. The zero-order valence-corrected chi connectivity index (χ0v) is 49.9. The maximum absolute atomic E-state index is 11.9. The Hall–Kier alpha value is -8.90. The number of aliphatic hydroxyl groups is 1. The number of para-hydroxylation sites is 1. The number of halogens is 3. The average molecular weight is 1220 g/mol. The van der Waals surface area contributed by atoms with E-state index in [0.717, 1.165) is 101 Å². The maximum Gasteiger partial charge on any atom is 0.238 e. The number of hydrogen-bond donors (Lipinski definition) is 6. The summed E-state index contributed by atoms with van der Waals surface area (Å²) in [5.41, 5.74) is 13.7. The van der Waals surface area contributed by atoms with Crippen molar-refractivity contribution in [3.8, 4) is 33.4 Å². The lowest BCUT2D eigenvalue weighted by Crippen LogP contribution is -2.16. The van der Waals surface area contributed by atoms with Gasteiger partial charge >= 0.3 is 0 Å². The van der Waals surface area contributed by atoms with Gasteiger partial charge in [-0.05, 0) is 162 Å². The third-order valence-corrected chi connectivity index (χ3v) is 15.5. The number of sulfonamides is 2. The van der Waals surface area contributed by atoms with Gasteiger partial charge in [-0.25, -0.2) is 36.9 Å². The van der Waals surface area contributed by atoms with Gasteiger partial charge in [-0.15, -0.1) is 0 Å². The molecule has 12 aromatic rings. The first-order chi connectivity index (χ1) is 40.7. The standard InChI is InChI=1S/C24H21ClN2O.C22H18ClN3O2S.C21H16ClN3O2S/c1-24(2,28)20-9-4-3-8-19(20)17-11-12-21-22(15-17)27-23(26-21)13-10-16-6-5-7-18(25)14-16;1-29(27,28)26-19-8-3-2-7-18(19)16-10-11-20-21(14-16)25-22(24-20)12-9-15-5-4-6-17(23)13-15;22-16-5-3-4-14(12-16)8-11-21-24-18-10-9-15(13-19(18)25-21)17-6-1-2-7-20(17)28(23,26)27/h3-15,28H,1-2H3,(H,26,27);2-14,26H,1H3,(H,24,25);1-13H,(H,24,25)(H2,23,26,27)/b13-10+;12-9+;11-8+. The molecule has 0 atom stereocenters. The van der Waals surface area contributed by atoms with Crippen molar-refractivity contribution in [2.75, 3.05) is 11.0 Å². The lowest BCUT2D eigenvalue weighted by atomic mass is 9.89. The number of H-pyrrole nitrogens is 3. The highest BCUT2D eigenvalue weighted by atomic mass is 35.5. The highest BCUT2D eigenvalue weighted by molar-refractivity contribution is 7.92. The number of imidazole rings is 3. The smallest absolute Gasteiger partial charge is 0.238 e. The Balaban J connectivity index is 0.000000142. The van der Waals surface area contributed by atoms with Crippen LogP contribution in [-0.4, -0.2) is 58.1 Å². The van der Waals surface area contributed by atoms with Crippen LogP contribution in [0.3, 0.4) is 0 Å². The Morgan fingerprint density at radius 2 is 0.835 bits per heavy atom. The number of hydrogen-bond acceptors (Lipinski definition) is 8. The van der Waals surface area contributed by atoms with Crippen molar-refractivity contribution in [2.45, 2.75) is 24.3 Å². The fourth-order valence-corrected chi connectivity index (χ4v) is 11.4. The van der Waals surface area contributed by atoms with Gasteiger partial charge in [0.05, 0.1) is 55.5 Å². The van der Waals surface area contributed by atoms with E-state index >= 15 is 0 Å². The van der Waals surface area contributed by atoms with Crippen LogP contribution in [-0.2, 0) is 25.6 Å². The summed E-state index contributed by atoms with van der Waals surface area (Å²) < 4.78 is 49.7. The normalized spacial score (nSPS) is 12.0. The highest BCUT2D eigenvalue weighted by Gasteiger charge is 2.21. The molecule has 0 radical (unpaired) electrons. The van der Waals surface area contributed by atoms with E-state index in [-0.39, 0.29) is 4.90 Å². The maximum atomic E-state index is 11.9. The Morgan fingerprint density at radius 3 is 1.25 bits per heavy atom. The van der Waals surface area contributed by atoms with E-state index in [1.54, 1.807) is 44.2 Å². The molecule has 0 spiro atoms. The molecule has 426 valence electrons. The van der Waals surface area contributed by atoms with Crippen LogP contribution in [0.1, 0.15) is 53.6 Å². The number of nitrogens with one attached hydrogen (secondary N) is 4. The first-order valence-corrected chi connectivity index (χ1v) is 31.1. The molecule has 85 heavy (non-hydrogen) atoms. The van der Waals surface area contributed by atoms with Crippen molar-refractivity contribution >= 4 is 130 Å². The summed E-state index contributed by atoms with van der Waals surface area (Å²) in [5, 5.41) is 17.9. The molecular formula is C67H55Cl3N8O5S2. The Bertz CT molecular complexity index is 4760. The molecule has 13 nitrogen and oxygen atoms in total. The van der Waals surface area contributed by atoms with Crippen LogP contribution in [0.5, 0.6) is 0 Å². The predicted molar refractivity (Wildman–Crippen MR) is 351 cm³/mol. The third kappa shape index (κ3) is 15.5. The molecule has 0 aliphatic heterocycles. The minimum absolute atomic E-state index is 0.0925. The van der Waals surface area contributed by atoms with Gasteiger partial charge in [-0.2, -0.15) is 0 Å². The summed E-state index contributed by atoms with van der Waals surface area (Å²) in [6, 6.07) is 62.1. The molecule has 0 saturated heterocycles. The van der Waals surface area contributed by atoms with Gasteiger partial charge in [-0.1, -0.05) is 168 Å². The van der Waals surface area contributed by atoms with Crippen LogP contribution in [0.2, 0.25) is 15.1 Å². The lowest BCUT2D eigenvalue weighted by molar-refractivity contribution is 0.0792. The number of nitrogens with zero attached hydrogens (tertiary/aromatic N) is 3. The van der Waals surface area contributed by atoms with Crippen LogP contribution >= 0.6 is 34.8 Å². The number of anilines is 1. The van der Waals surface area contributed by atoms with Crippen molar-refractivity contribution in [3.63, 3.8) is 0 Å². The number of primary sulfonamides is 1. The SMILES string of the molecule is CC(C)(O)c1ccccc1-c1ccc2nc(/C=C/c3cccc(Cl)c3)[nH]c2c1.CS(=O)(=O)Nc1ccccc1-c1ccc2nc(/C=C/c3cccc(Cl)c3)[nH]c2c1.NS(=O)(=O)c1ccccc1-c1ccc2nc(/C=C/c3cccc(Cl)c3)[nH]c2c1. The minimum atomic E-state index is -3.82. The topological polar surface area (TPSA) is 213 Å². The van der Waals surface area contributed by atoms with Crippen molar-refractivity contribution < 1.29 is 21.9 Å². The summed E-state index contributed by atoms with van der Waals surface area (Å²) in [5.74, 6) is 2.19. The molecule has 0 bridgehead atoms. The van der Waals surface area contributed by atoms with E-state index in [4.69, 9.17) is 39.9 Å². The van der Waals surface area contributed by atoms with Gasteiger partial charge in [0.25, 0.3) is 0 Å². The van der Waals surface area contributed by atoms with Gasteiger partial charge in [0.2, 0.25) is 20.0 Å². The van der Waals surface area contributed by atoms with Gasteiger partial charge < -0.3 is 20.1 Å². The summed E-state index contributed by atoms with van der Waals surface area (Å²) >= 11 is 18.1. The van der Waals surface area contributed by atoms with Crippen molar-refractivity contribution in [1.82, 2.24) is 29.9 Å². The van der Waals surface area contributed by atoms with Crippen molar-refractivity contribution in [1.29, 1.82) is 0 Å². The Labute approximate surface area is 507 Å². The van der Waals surface area contributed by atoms with Gasteiger partial charge in [-0.3, -0.25) is 4.72 Å². The summed E-state index contributed by atoms with van der Waals surface area (Å²) in [6.45, 7) is 3.61. The first-order valence-electron chi connectivity index (χ1n) is 26.5. The lowest BCUT2D eigenvalue weighted by Gasteiger charge is -2.21. The molecule has 3 heterocycles. The first kappa shape index (κ1) is 59.3. The predicted octanol–water partition coefficient (Wildman–Crippen LogP) is 16.4. The molecule has 12 rings (SSSR count). The third-order valence-electron chi connectivity index (χ3n) is 13.3. The van der Waals surface area contributed by atoms with Crippen LogP contribution in [0.25, 0.3) is 103 Å². The number of rotatable bonds is 13. The molecule has 18 heteroatoms. The molecule has 3 aromatic heterocycles. The van der Waals surface area contributed by atoms with E-state index in [1.807, 2.05) is 194 Å². The quantitative estimate of drug-likeness (QED) is 0.0652. The van der Waals surface area contributed by atoms with Crippen LogP contribution in [0, 0.1) is 0 Å². The summed E-state index contributed by atoms with van der Waals surface area (Å²) in [7, 11) is -7.19. The van der Waals surface area contributed by atoms with E-state index in [1.165, 1.54) is 6.07 Å². The van der Waals surface area contributed by atoms with E-state index in [2.05, 4.69) is 40.7 Å². The zero-order chi connectivity index (χ0) is 59.9.